The molecule has 0 aliphatic heterocycles. The molecule has 83 valence electrons. The maximum Gasteiger partial charge on any atom is 0.339 e. The summed E-state index contributed by atoms with van der Waals surface area (Å²) in [4.78, 5) is 18.3. The summed E-state index contributed by atoms with van der Waals surface area (Å²) < 4.78 is 1.02. The number of carbonyl (C=O) groups is 1. The SMILES string of the molecule is NC(=O)n1c[c]c(-c2nc3ccccc3[nH]2)n1. The van der Waals surface area contributed by atoms with Gasteiger partial charge in [0.25, 0.3) is 0 Å². The van der Waals surface area contributed by atoms with Crippen LogP contribution in [-0.2, 0) is 0 Å². The summed E-state index contributed by atoms with van der Waals surface area (Å²) in [5, 5.41) is 3.97. The fourth-order valence-corrected chi connectivity index (χ4v) is 1.58. The molecule has 1 radical (unpaired) electrons. The predicted octanol–water partition coefficient (Wildman–Crippen LogP) is 1.15. The van der Waals surface area contributed by atoms with E-state index in [0.717, 1.165) is 15.7 Å². The van der Waals surface area contributed by atoms with E-state index in [1.165, 1.54) is 6.20 Å². The minimum absolute atomic E-state index is 0.458. The second-order valence-electron chi connectivity index (χ2n) is 3.51. The average Bonchev–Trinajstić information content (AvgIpc) is 2.95. The first kappa shape index (κ1) is 9.59. The van der Waals surface area contributed by atoms with Gasteiger partial charge in [0, 0.05) is 12.3 Å². The summed E-state index contributed by atoms with van der Waals surface area (Å²) in [5.74, 6) is 0.561. The molecule has 6 nitrogen and oxygen atoms in total. The summed E-state index contributed by atoms with van der Waals surface area (Å²) in [6.07, 6.45) is 1.38. The number of imidazole rings is 1. The van der Waals surface area contributed by atoms with Crippen LogP contribution in [0.1, 0.15) is 0 Å². The molecule has 0 aliphatic rings. The van der Waals surface area contributed by atoms with Crippen molar-refractivity contribution in [2.45, 2.75) is 0 Å². The number of carbonyl (C=O) groups excluding carboxylic acids is 1. The Balaban J connectivity index is 2.10. The lowest BCUT2D eigenvalue weighted by atomic mass is 10.3. The van der Waals surface area contributed by atoms with Crippen LogP contribution >= 0.6 is 0 Å². The van der Waals surface area contributed by atoms with Crippen LogP contribution in [0.5, 0.6) is 0 Å². The van der Waals surface area contributed by atoms with Gasteiger partial charge in [0.05, 0.1) is 11.0 Å². The van der Waals surface area contributed by atoms with Crippen molar-refractivity contribution in [2.75, 3.05) is 0 Å². The van der Waals surface area contributed by atoms with Gasteiger partial charge in [-0.3, -0.25) is 0 Å². The van der Waals surface area contributed by atoms with E-state index in [4.69, 9.17) is 5.73 Å². The first-order chi connectivity index (χ1) is 8.24. The Morgan fingerprint density at radius 1 is 1.41 bits per heavy atom. The maximum atomic E-state index is 10.9. The topological polar surface area (TPSA) is 89.6 Å². The van der Waals surface area contributed by atoms with Gasteiger partial charge in [-0.25, -0.2) is 9.78 Å². The number of aromatic amines is 1. The number of nitrogens with one attached hydrogen (secondary N) is 1. The lowest BCUT2D eigenvalue weighted by molar-refractivity contribution is 0.248. The normalized spacial score (nSPS) is 10.8. The van der Waals surface area contributed by atoms with Gasteiger partial charge >= 0.3 is 6.03 Å². The molecular weight excluding hydrogens is 218 g/mol. The Morgan fingerprint density at radius 3 is 2.94 bits per heavy atom. The van der Waals surface area contributed by atoms with Gasteiger partial charge in [0.2, 0.25) is 0 Å². The average molecular weight is 226 g/mol. The fourth-order valence-electron chi connectivity index (χ4n) is 1.58. The van der Waals surface area contributed by atoms with Gasteiger partial charge in [-0.05, 0) is 12.1 Å². The van der Waals surface area contributed by atoms with Gasteiger partial charge in [-0.1, -0.05) is 12.1 Å². The van der Waals surface area contributed by atoms with E-state index in [2.05, 4.69) is 21.1 Å². The molecule has 0 spiro atoms. The number of fused-ring (bicyclic) bond motifs is 1. The third-order valence-corrected chi connectivity index (χ3v) is 2.37. The third-order valence-electron chi connectivity index (χ3n) is 2.37. The zero-order valence-electron chi connectivity index (χ0n) is 8.71. The number of amides is 1. The number of aromatic nitrogens is 4. The van der Waals surface area contributed by atoms with Crippen molar-refractivity contribution in [1.29, 1.82) is 0 Å². The molecule has 0 atom stereocenters. The van der Waals surface area contributed by atoms with Gasteiger partial charge in [0.1, 0.15) is 5.69 Å². The van der Waals surface area contributed by atoms with Crippen molar-refractivity contribution < 1.29 is 4.79 Å². The molecule has 17 heavy (non-hydrogen) atoms. The molecule has 0 fully saturated rings. The zero-order chi connectivity index (χ0) is 11.8. The van der Waals surface area contributed by atoms with Crippen LogP contribution in [0, 0.1) is 6.07 Å². The van der Waals surface area contributed by atoms with E-state index >= 15 is 0 Å². The van der Waals surface area contributed by atoms with Crippen LogP contribution in [0.25, 0.3) is 22.6 Å². The minimum Gasteiger partial charge on any atom is -0.350 e. The number of para-hydroxylation sites is 2. The third kappa shape index (κ3) is 1.55. The lowest BCUT2D eigenvalue weighted by Gasteiger charge is -1.90. The largest absolute Gasteiger partial charge is 0.350 e. The standard InChI is InChI=1S/C11H8N5O/c12-11(17)16-6-5-9(15-16)10-13-7-3-1-2-4-8(7)14-10/h1-4,6H,(H2,12,17)(H,13,14). The van der Waals surface area contributed by atoms with E-state index in [0.29, 0.717) is 11.5 Å². The first-order valence-corrected chi connectivity index (χ1v) is 4.96. The van der Waals surface area contributed by atoms with Crippen LogP contribution in [0.3, 0.4) is 0 Å². The fraction of sp³-hybridized carbons (Fsp3) is 0. The van der Waals surface area contributed by atoms with Crippen molar-refractivity contribution in [3.63, 3.8) is 0 Å². The highest BCUT2D eigenvalue weighted by molar-refractivity contribution is 5.79. The number of nitrogens with two attached hydrogens (primary N) is 1. The van der Waals surface area contributed by atoms with Crippen molar-refractivity contribution in [3.8, 4) is 11.5 Å². The van der Waals surface area contributed by atoms with E-state index in [-0.39, 0.29) is 0 Å². The highest BCUT2D eigenvalue weighted by Crippen LogP contribution is 2.17. The molecular formula is C11H8N5O. The zero-order valence-corrected chi connectivity index (χ0v) is 8.71. The van der Waals surface area contributed by atoms with E-state index in [1.54, 1.807) is 0 Å². The molecule has 3 aromatic rings. The van der Waals surface area contributed by atoms with Gasteiger partial charge in [0.15, 0.2) is 5.82 Å². The van der Waals surface area contributed by atoms with Gasteiger partial charge in [-0.15, -0.1) is 0 Å². The molecule has 6 heteroatoms. The molecule has 0 bridgehead atoms. The monoisotopic (exact) mass is 226 g/mol. The van der Waals surface area contributed by atoms with Crippen LogP contribution in [-0.4, -0.2) is 25.8 Å². The molecule has 2 aromatic heterocycles. The number of rotatable bonds is 1. The molecule has 0 aliphatic carbocycles. The summed E-state index contributed by atoms with van der Waals surface area (Å²) in [7, 11) is 0. The highest BCUT2D eigenvalue weighted by Gasteiger charge is 2.09. The Morgan fingerprint density at radius 2 is 2.24 bits per heavy atom. The number of benzene rings is 1. The summed E-state index contributed by atoms with van der Waals surface area (Å²) in [6.45, 7) is 0. The molecule has 0 saturated carbocycles. The molecule has 2 heterocycles. The summed E-state index contributed by atoms with van der Waals surface area (Å²) in [6, 6.07) is 9.79. The Bertz CT molecular complexity index is 664. The second-order valence-corrected chi connectivity index (χ2v) is 3.51. The van der Waals surface area contributed by atoms with Crippen LogP contribution < -0.4 is 5.73 Å². The lowest BCUT2D eigenvalue weighted by Crippen LogP contribution is -2.19. The van der Waals surface area contributed by atoms with Gasteiger partial charge < -0.3 is 10.7 Å². The maximum absolute atomic E-state index is 10.9. The molecule has 0 saturated heterocycles. The van der Waals surface area contributed by atoms with Crippen molar-refractivity contribution >= 4 is 17.1 Å². The summed E-state index contributed by atoms with van der Waals surface area (Å²) in [5.41, 5.74) is 7.29. The first-order valence-electron chi connectivity index (χ1n) is 4.96. The number of H-pyrrole nitrogens is 1. The highest BCUT2D eigenvalue weighted by atomic mass is 16.2. The van der Waals surface area contributed by atoms with Crippen LogP contribution in [0.2, 0.25) is 0 Å². The Kier molecular flexibility index (Phi) is 1.94. The molecule has 1 amide bonds. The summed E-state index contributed by atoms with van der Waals surface area (Å²) >= 11 is 0. The van der Waals surface area contributed by atoms with E-state index < -0.39 is 6.03 Å². The van der Waals surface area contributed by atoms with Crippen molar-refractivity contribution in [1.82, 2.24) is 19.7 Å². The molecule has 3 rings (SSSR count). The molecule has 0 unspecified atom stereocenters. The quantitative estimate of drug-likeness (QED) is 0.652. The number of primary amides is 1. The van der Waals surface area contributed by atoms with E-state index in [1.807, 2.05) is 24.3 Å². The smallest absolute Gasteiger partial charge is 0.339 e. The van der Waals surface area contributed by atoms with Crippen molar-refractivity contribution in [2.24, 2.45) is 5.73 Å². The number of hydrogen-bond acceptors (Lipinski definition) is 3. The van der Waals surface area contributed by atoms with Gasteiger partial charge in [-0.2, -0.15) is 9.78 Å². The molecule has 1 aromatic carbocycles. The second kappa shape index (κ2) is 3.44. The number of nitrogens with zero attached hydrogens (tertiary/aromatic N) is 3. The number of hydrogen-bond donors (Lipinski definition) is 2. The Hall–Kier alpha value is -2.63. The van der Waals surface area contributed by atoms with Crippen LogP contribution in [0.4, 0.5) is 4.79 Å². The van der Waals surface area contributed by atoms with Crippen molar-refractivity contribution in [3.05, 3.63) is 36.5 Å². The Labute approximate surface area is 96.1 Å². The predicted molar refractivity (Wildman–Crippen MR) is 61.1 cm³/mol. The minimum atomic E-state index is -0.649. The van der Waals surface area contributed by atoms with E-state index in [9.17, 15) is 4.79 Å². The van der Waals surface area contributed by atoms with Crippen LogP contribution in [0.15, 0.2) is 30.5 Å². The molecule has 3 N–H and O–H groups in total.